The highest BCUT2D eigenvalue weighted by Crippen LogP contribution is 2.43. The zero-order chi connectivity index (χ0) is 39.3. The predicted molar refractivity (Wildman–Crippen MR) is 213 cm³/mol. The maximum atomic E-state index is 12.6. The first-order chi connectivity index (χ1) is 25.6. The van der Waals surface area contributed by atoms with Crippen molar-refractivity contribution in [3.8, 4) is 0 Å². The quantitative estimate of drug-likeness (QED) is 0.0234. The van der Waals surface area contributed by atoms with E-state index in [4.69, 9.17) is 24.8 Å². The van der Waals surface area contributed by atoms with Gasteiger partial charge in [-0.3, -0.25) is 23.4 Å². The molecule has 0 bridgehead atoms. The number of carbonyl (C=O) groups excluding carboxylic acids is 2. The number of rotatable bonds is 40. The Balaban J connectivity index is 4.36. The Kier molecular flexibility index (Phi) is 35.9. The van der Waals surface area contributed by atoms with E-state index >= 15 is 0 Å². The van der Waals surface area contributed by atoms with Crippen molar-refractivity contribution in [2.75, 3.05) is 19.8 Å². The molecule has 0 amide bonds. The van der Waals surface area contributed by atoms with Crippen molar-refractivity contribution in [1.82, 2.24) is 0 Å². The highest BCUT2D eigenvalue weighted by molar-refractivity contribution is 7.47. The van der Waals surface area contributed by atoms with Gasteiger partial charge in [0.25, 0.3) is 0 Å². The summed E-state index contributed by atoms with van der Waals surface area (Å²) in [5.41, 5.74) is 5.33. The first-order valence-electron chi connectivity index (χ1n) is 21.2. The highest BCUT2D eigenvalue weighted by atomic mass is 31.2. The van der Waals surface area contributed by atoms with Gasteiger partial charge in [-0.2, -0.15) is 0 Å². The molecule has 3 atom stereocenters. The van der Waals surface area contributed by atoms with E-state index < -0.39 is 51.1 Å². The molecule has 0 aliphatic carbocycles. The molecule has 0 rings (SSSR count). The number of hydrogen-bond acceptors (Lipinski definition) is 9. The topological polar surface area (TPSA) is 172 Å². The Morgan fingerprint density at radius 3 is 1.38 bits per heavy atom. The van der Waals surface area contributed by atoms with Crippen LogP contribution in [0.15, 0.2) is 12.2 Å². The summed E-state index contributed by atoms with van der Waals surface area (Å²) < 4.78 is 32.6. The fourth-order valence-corrected chi connectivity index (χ4v) is 6.66. The van der Waals surface area contributed by atoms with Gasteiger partial charge < -0.3 is 25.2 Å². The number of carboxylic acids is 1. The fraction of sp³-hybridized carbons (Fsp3) is 0.878. The maximum absolute atomic E-state index is 12.6. The van der Waals surface area contributed by atoms with Gasteiger partial charge in [0.2, 0.25) is 0 Å². The minimum Gasteiger partial charge on any atom is -0.480 e. The normalized spacial score (nSPS) is 13.9. The number of unbranched alkanes of at least 4 members (excludes halogenated alkanes) is 24. The second kappa shape index (κ2) is 37.2. The summed E-state index contributed by atoms with van der Waals surface area (Å²) in [5, 5.41) is 8.87. The molecule has 0 saturated carbocycles. The summed E-state index contributed by atoms with van der Waals surface area (Å²) in [6.45, 7) is 2.80. The lowest BCUT2D eigenvalue weighted by Gasteiger charge is -2.20. The minimum atomic E-state index is -4.71. The second-order valence-electron chi connectivity index (χ2n) is 14.5. The summed E-state index contributed by atoms with van der Waals surface area (Å²) in [6, 6.07) is -1.52. The van der Waals surface area contributed by atoms with Crippen LogP contribution in [-0.2, 0) is 37.5 Å². The molecule has 4 N–H and O–H groups in total. The molecule has 0 heterocycles. The van der Waals surface area contributed by atoms with Crippen LogP contribution in [0.3, 0.4) is 0 Å². The largest absolute Gasteiger partial charge is 0.480 e. The molecule has 0 radical (unpaired) electrons. The van der Waals surface area contributed by atoms with Crippen LogP contribution in [-0.4, -0.2) is 59.9 Å². The molecule has 12 heteroatoms. The summed E-state index contributed by atoms with van der Waals surface area (Å²) in [7, 11) is -4.71. The highest BCUT2D eigenvalue weighted by Gasteiger charge is 2.28. The number of phosphoric ester groups is 1. The molecule has 0 fully saturated rings. The summed E-state index contributed by atoms with van der Waals surface area (Å²) in [6.07, 6.45) is 35.6. The Morgan fingerprint density at radius 2 is 0.943 bits per heavy atom. The zero-order valence-electron chi connectivity index (χ0n) is 33.6. The number of ether oxygens (including phenoxy) is 2. The number of phosphoric acid groups is 1. The van der Waals surface area contributed by atoms with Gasteiger partial charge in [0.05, 0.1) is 13.2 Å². The van der Waals surface area contributed by atoms with Crippen LogP contribution in [0.25, 0.3) is 0 Å². The summed E-state index contributed by atoms with van der Waals surface area (Å²) in [5.74, 6) is -2.38. The van der Waals surface area contributed by atoms with E-state index in [2.05, 4.69) is 30.5 Å². The van der Waals surface area contributed by atoms with Crippen LogP contribution in [0.4, 0.5) is 0 Å². The second-order valence-corrected chi connectivity index (χ2v) is 15.9. The van der Waals surface area contributed by atoms with Gasteiger partial charge in [-0.25, -0.2) is 4.57 Å². The number of nitrogens with two attached hydrogens (primary N) is 1. The van der Waals surface area contributed by atoms with Crippen LogP contribution < -0.4 is 5.73 Å². The van der Waals surface area contributed by atoms with Crippen molar-refractivity contribution in [2.45, 2.75) is 212 Å². The average Bonchev–Trinajstić information content (AvgIpc) is 3.13. The lowest BCUT2D eigenvalue weighted by molar-refractivity contribution is -0.161. The van der Waals surface area contributed by atoms with Crippen LogP contribution >= 0.6 is 7.82 Å². The van der Waals surface area contributed by atoms with E-state index in [0.717, 1.165) is 57.8 Å². The summed E-state index contributed by atoms with van der Waals surface area (Å²) >= 11 is 0. The van der Waals surface area contributed by atoms with E-state index in [-0.39, 0.29) is 19.4 Å². The molecular formula is C41H78NO10P. The Morgan fingerprint density at radius 1 is 0.566 bits per heavy atom. The molecule has 0 aliphatic heterocycles. The average molecular weight is 776 g/mol. The Bertz CT molecular complexity index is 963. The lowest BCUT2D eigenvalue weighted by atomic mass is 10.0. The van der Waals surface area contributed by atoms with Gasteiger partial charge in [-0.15, -0.1) is 0 Å². The first-order valence-corrected chi connectivity index (χ1v) is 22.7. The molecule has 1 unspecified atom stereocenters. The number of esters is 2. The number of aliphatic carboxylic acids is 1. The van der Waals surface area contributed by atoms with E-state index in [0.29, 0.717) is 12.8 Å². The third kappa shape index (κ3) is 36.9. The molecular weight excluding hydrogens is 697 g/mol. The molecule has 0 aromatic heterocycles. The molecule has 0 aromatic carbocycles. The monoisotopic (exact) mass is 776 g/mol. The Hall–Kier alpha value is -1.78. The molecule has 0 spiro atoms. The number of hydrogen-bond donors (Lipinski definition) is 3. The van der Waals surface area contributed by atoms with Gasteiger partial charge in [0.15, 0.2) is 6.10 Å². The lowest BCUT2D eigenvalue weighted by Crippen LogP contribution is -2.34. The van der Waals surface area contributed by atoms with Crippen LogP contribution in [0, 0.1) is 0 Å². The third-order valence-corrected chi connectivity index (χ3v) is 10.2. The molecule has 11 nitrogen and oxygen atoms in total. The van der Waals surface area contributed by atoms with Crippen LogP contribution in [0.5, 0.6) is 0 Å². The summed E-state index contributed by atoms with van der Waals surface area (Å²) in [4.78, 5) is 45.9. The van der Waals surface area contributed by atoms with Crippen LogP contribution in [0.1, 0.15) is 200 Å². The fourth-order valence-electron chi connectivity index (χ4n) is 5.88. The van der Waals surface area contributed by atoms with Gasteiger partial charge in [0, 0.05) is 12.8 Å². The van der Waals surface area contributed by atoms with Crippen molar-refractivity contribution in [3.63, 3.8) is 0 Å². The van der Waals surface area contributed by atoms with E-state index in [1.165, 1.54) is 103 Å². The van der Waals surface area contributed by atoms with Crippen molar-refractivity contribution in [3.05, 3.63) is 12.2 Å². The number of carboxylic acid groups (broad SMARTS) is 1. The number of carbonyl (C=O) groups is 3. The zero-order valence-corrected chi connectivity index (χ0v) is 34.5. The third-order valence-electron chi connectivity index (χ3n) is 9.26. The van der Waals surface area contributed by atoms with Crippen molar-refractivity contribution in [2.24, 2.45) is 5.73 Å². The first kappa shape index (κ1) is 51.2. The van der Waals surface area contributed by atoms with Gasteiger partial charge in [0.1, 0.15) is 12.6 Å². The van der Waals surface area contributed by atoms with Gasteiger partial charge in [-0.05, 0) is 38.5 Å². The van der Waals surface area contributed by atoms with E-state index in [1.54, 1.807) is 0 Å². The molecule has 0 saturated heterocycles. The minimum absolute atomic E-state index is 0.155. The number of allylic oxidation sites excluding steroid dienone is 2. The Labute approximate surface area is 322 Å². The van der Waals surface area contributed by atoms with Crippen molar-refractivity contribution < 1.29 is 47.5 Å². The maximum Gasteiger partial charge on any atom is 0.472 e. The van der Waals surface area contributed by atoms with E-state index in [9.17, 15) is 23.8 Å². The molecule has 53 heavy (non-hydrogen) atoms. The standard InChI is InChI=1S/C41H78NO10P/c1-3-5-7-9-11-13-15-17-19-21-22-24-26-28-30-32-39(43)49-34-37(35-50-53(47,48)51-36-38(42)41(45)46)52-40(44)33-31-29-27-25-23-20-18-16-14-12-10-8-6-4-2/h16,18,37-38H,3-15,17,19-36,42H2,1-2H3,(H,45,46)(H,47,48)/b18-16+/t37-,38+/m1/s1. The van der Waals surface area contributed by atoms with Gasteiger partial charge >= 0.3 is 25.7 Å². The van der Waals surface area contributed by atoms with Crippen LogP contribution in [0.2, 0.25) is 0 Å². The van der Waals surface area contributed by atoms with Gasteiger partial charge in [-0.1, -0.05) is 161 Å². The molecule has 0 aliphatic rings. The molecule has 312 valence electrons. The SMILES string of the molecule is CCCCCCC/C=C/CCCCCCCC(=O)O[C@H](COC(=O)CCCCCCCCCCCCCCCCC)COP(=O)(O)OC[C@H](N)C(=O)O. The smallest absolute Gasteiger partial charge is 0.472 e. The van der Waals surface area contributed by atoms with Crippen molar-refractivity contribution >= 4 is 25.7 Å². The van der Waals surface area contributed by atoms with Crippen molar-refractivity contribution in [1.29, 1.82) is 0 Å². The molecule has 0 aromatic rings. The van der Waals surface area contributed by atoms with E-state index in [1.807, 2.05) is 0 Å². The predicted octanol–water partition coefficient (Wildman–Crippen LogP) is 10.9.